The van der Waals surface area contributed by atoms with Gasteiger partial charge in [0.1, 0.15) is 17.5 Å². The number of hydrogen-bond donors (Lipinski definition) is 2. The summed E-state index contributed by atoms with van der Waals surface area (Å²) >= 11 is 0. The molecule has 0 fully saturated rings. The Morgan fingerprint density at radius 2 is 1.84 bits per heavy atom. The average Bonchev–Trinajstić information content (AvgIpc) is 2.93. The number of benzene rings is 2. The van der Waals surface area contributed by atoms with Crippen LogP contribution in [-0.2, 0) is 0 Å². The molecule has 0 radical (unpaired) electrons. The molecule has 188 valence electrons. The SMILES string of the molecule is CC(Nc1nc(N)ncc1C#N)c1cc2cccc(-c3cncc(N(C)C)c3)c2c(=O)n1-c1ccccc1. The zero-order valence-electron chi connectivity index (χ0n) is 21.3. The van der Waals surface area contributed by atoms with Crippen LogP contribution in [0.1, 0.15) is 24.2 Å². The Balaban J connectivity index is 1.74. The predicted octanol–water partition coefficient (Wildman–Crippen LogP) is 4.54. The molecule has 1 atom stereocenters. The summed E-state index contributed by atoms with van der Waals surface area (Å²) in [5, 5.41) is 14.2. The first-order valence-electron chi connectivity index (χ1n) is 12.0. The summed E-state index contributed by atoms with van der Waals surface area (Å²) in [6, 6.07) is 21.0. The van der Waals surface area contributed by atoms with Gasteiger partial charge >= 0.3 is 0 Å². The fraction of sp³-hybridized carbons (Fsp3) is 0.138. The Morgan fingerprint density at radius 3 is 2.58 bits per heavy atom. The standard InChI is InChI=1S/C29H26N8O/c1-18(34-27-21(14-30)16-33-29(31)35-27)25-13-19-8-7-11-24(20-12-23(36(2)3)17-32-15-20)26(19)28(38)37(25)22-9-5-4-6-10-22/h4-13,15-18H,1-3H3,(H3,31,33,34,35). The van der Waals surface area contributed by atoms with Crippen LogP contribution in [0.15, 0.2) is 84.0 Å². The minimum Gasteiger partial charge on any atom is -0.376 e. The van der Waals surface area contributed by atoms with E-state index in [2.05, 4.69) is 26.3 Å². The topological polar surface area (TPSA) is 126 Å². The second-order valence-corrected chi connectivity index (χ2v) is 9.11. The first kappa shape index (κ1) is 24.5. The first-order chi connectivity index (χ1) is 18.4. The van der Waals surface area contributed by atoms with Crippen LogP contribution >= 0.6 is 0 Å². The number of para-hydroxylation sites is 1. The van der Waals surface area contributed by atoms with E-state index in [9.17, 15) is 10.1 Å². The van der Waals surface area contributed by atoms with Crippen molar-refractivity contribution < 1.29 is 0 Å². The lowest BCUT2D eigenvalue weighted by Crippen LogP contribution is -2.26. The fourth-order valence-electron chi connectivity index (χ4n) is 4.47. The van der Waals surface area contributed by atoms with E-state index >= 15 is 0 Å². The Morgan fingerprint density at radius 1 is 1.05 bits per heavy atom. The molecule has 5 rings (SSSR count). The third-order valence-corrected chi connectivity index (χ3v) is 6.37. The van der Waals surface area contributed by atoms with E-state index < -0.39 is 6.04 Å². The second-order valence-electron chi connectivity index (χ2n) is 9.11. The Kier molecular flexibility index (Phi) is 6.46. The largest absolute Gasteiger partial charge is 0.376 e. The minimum absolute atomic E-state index is 0.0517. The van der Waals surface area contributed by atoms with E-state index in [-0.39, 0.29) is 17.1 Å². The van der Waals surface area contributed by atoms with E-state index in [4.69, 9.17) is 5.73 Å². The molecule has 9 nitrogen and oxygen atoms in total. The molecule has 0 aliphatic heterocycles. The number of nitrogens with one attached hydrogen (secondary N) is 1. The van der Waals surface area contributed by atoms with Gasteiger partial charge in [-0.25, -0.2) is 4.98 Å². The maximum absolute atomic E-state index is 14.3. The fourth-order valence-corrected chi connectivity index (χ4v) is 4.47. The molecule has 0 aliphatic rings. The van der Waals surface area contributed by atoms with Gasteiger partial charge < -0.3 is 16.0 Å². The van der Waals surface area contributed by atoms with Crippen molar-refractivity contribution in [3.63, 3.8) is 0 Å². The predicted molar refractivity (Wildman–Crippen MR) is 150 cm³/mol. The lowest BCUT2D eigenvalue weighted by Gasteiger charge is -2.22. The summed E-state index contributed by atoms with van der Waals surface area (Å²) in [4.78, 5) is 28.8. The third kappa shape index (κ3) is 4.51. The highest BCUT2D eigenvalue weighted by Gasteiger charge is 2.20. The molecule has 0 aliphatic carbocycles. The number of rotatable bonds is 6. The van der Waals surface area contributed by atoms with Gasteiger partial charge in [-0.2, -0.15) is 10.2 Å². The number of anilines is 3. The molecule has 1 unspecified atom stereocenters. The molecular formula is C29H26N8O. The van der Waals surface area contributed by atoms with Gasteiger partial charge in [-0.1, -0.05) is 36.4 Å². The Labute approximate surface area is 219 Å². The highest BCUT2D eigenvalue weighted by molar-refractivity contribution is 5.96. The molecule has 9 heteroatoms. The number of nitriles is 1. The van der Waals surface area contributed by atoms with Crippen molar-refractivity contribution in [3.05, 3.63) is 101 Å². The van der Waals surface area contributed by atoms with Crippen molar-refractivity contribution in [1.29, 1.82) is 5.26 Å². The molecule has 5 aromatic rings. The summed E-state index contributed by atoms with van der Waals surface area (Å²) in [7, 11) is 3.91. The van der Waals surface area contributed by atoms with E-state index in [1.54, 1.807) is 17.0 Å². The number of pyridine rings is 2. The van der Waals surface area contributed by atoms with Gasteiger partial charge in [-0.3, -0.25) is 14.3 Å². The van der Waals surface area contributed by atoms with Crippen molar-refractivity contribution >= 4 is 28.2 Å². The molecule has 3 aromatic heterocycles. The Hall–Kier alpha value is -5.23. The number of aromatic nitrogens is 4. The summed E-state index contributed by atoms with van der Waals surface area (Å²) in [6.45, 7) is 1.91. The van der Waals surface area contributed by atoms with Gasteiger partial charge in [0.15, 0.2) is 0 Å². The lowest BCUT2D eigenvalue weighted by molar-refractivity contribution is 0.772. The summed E-state index contributed by atoms with van der Waals surface area (Å²) < 4.78 is 1.70. The molecule has 0 saturated heterocycles. The highest BCUT2D eigenvalue weighted by Crippen LogP contribution is 2.31. The van der Waals surface area contributed by atoms with Crippen molar-refractivity contribution in [3.8, 4) is 22.9 Å². The quantitative estimate of drug-likeness (QED) is 0.347. The number of hydrogen-bond acceptors (Lipinski definition) is 8. The molecule has 0 spiro atoms. The maximum Gasteiger partial charge on any atom is 0.263 e. The van der Waals surface area contributed by atoms with E-state index in [0.29, 0.717) is 16.9 Å². The van der Waals surface area contributed by atoms with Gasteiger partial charge in [0.25, 0.3) is 5.56 Å². The smallest absolute Gasteiger partial charge is 0.263 e. The van der Waals surface area contributed by atoms with Crippen molar-refractivity contribution in [2.45, 2.75) is 13.0 Å². The molecule has 0 amide bonds. The van der Waals surface area contributed by atoms with Crippen LogP contribution in [0.2, 0.25) is 0 Å². The summed E-state index contributed by atoms with van der Waals surface area (Å²) in [5.74, 6) is 0.357. The Bertz CT molecular complexity index is 1740. The minimum atomic E-state index is -0.406. The summed E-state index contributed by atoms with van der Waals surface area (Å²) in [6.07, 6.45) is 4.94. The molecule has 0 bridgehead atoms. The zero-order valence-corrected chi connectivity index (χ0v) is 21.3. The van der Waals surface area contributed by atoms with E-state index in [1.807, 2.05) is 86.6 Å². The van der Waals surface area contributed by atoms with Crippen LogP contribution in [0.25, 0.3) is 27.6 Å². The third-order valence-electron chi connectivity index (χ3n) is 6.37. The number of fused-ring (bicyclic) bond motifs is 1. The van der Waals surface area contributed by atoms with Gasteiger partial charge in [0, 0.05) is 37.2 Å². The molecule has 3 N–H and O–H groups in total. The second kappa shape index (κ2) is 10.0. The van der Waals surface area contributed by atoms with Gasteiger partial charge in [0.2, 0.25) is 5.95 Å². The van der Waals surface area contributed by atoms with Gasteiger partial charge in [-0.15, -0.1) is 0 Å². The van der Waals surface area contributed by atoms with Crippen LogP contribution in [0, 0.1) is 11.3 Å². The van der Waals surface area contributed by atoms with Crippen molar-refractivity contribution in [2.24, 2.45) is 0 Å². The van der Waals surface area contributed by atoms with Crippen LogP contribution in [0.5, 0.6) is 0 Å². The highest BCUT2D eigenvalue weighted by atomic mass is 16.1. The molecule has 2 aromatic carbocycles. The molecule has 3 heterocycles. The lowest BCUT2D eigenvalue weighted by atomic mass is 9.98. The molecule has 38 heavy (non-hydrogen) atoms. The van der Waals surface area contributed by atoms with E-state index in [0.717, 1.165) is 27.9 Å². The first-order valence-corrected chi connectivity index (χ1v) is 12.0. The zero-order chi connectivity index (χ0) is 26.8. The van der Waals surface area contributed by atoms with Gasteiger partial charge in [-0.05, 0) is 42.1 Å². The average molecular weight is 503 g/mol. The monoisotopic (exact) mass is 502 g/mol. The number of nitrogen functional groups attached to an aromatic ring is 1. The van der Waals surface area contributed by atoms with Crippen LogP contribution < -0.4 is 21.5 Å². The van der Waals surface area contributed by atoms with Crippen molar-refractivity contribution in [2.75, 3.05) is 30.0 Å². The van der Waals surface area contributed by atoms with Gasteiger partial charge in [0.05, 0.1) is 29.5 Å². The van der Waals surface area contributed by atoms with Crippen LogP contribution in [0.4, 0.5) is 17.5 Å². The number of nitrogens with zero attached hydrogens (tertiary/aromatic N) is 6. The van der Waals surface area contributed by atoms with Crippen LogP contribution in [0.3, 0.4) is 0 Å². The molecular weight excluding hydrogens is 476 g/mol. The number of nitrogens with two attached hydrogens (primary N) is 1. The summed E-state index contributed by atoms with van der Waals surface area (Å²) in [5.41, 5.74) is 9.90. The molecule has 0 saturated carbocycles. The van der Waals surface area contributed by atoms with Crippen LogP contribution in [-0.4, -0.2) is 33.6 Å². The normalized spacial score (nSPS) is 11.6. The van der Waals surface area contributed by atoms with E-state index in [1.165, 1.54) is 6.20 Å². The van der Waals surface area contributed by atoms with Crippen molar-refractivity contribution in [1.82, 2.24) is 19.5 Å². The maximum atomic E-state index is 14.3.